The van der Waals surface area contributed by atoms with Gasteiger partial charge in [0.05, 0.1) is 4.92 Å². The number of hydrogen-bond acceptors (Lipinski definition) is 7. The first kappa shape index (κ1) is 10.7. The molecule has 2 aromatic rings. The van der Waals surface area contributed by atoms with E-state index in [-0.39, 0.29) is 17.6 Å². The minimum absolute atomic E-state index is 0.0166. The highest BCUT2D eigenvalue weighted by molar-refractivity contribution is 5.57. The van der Waals surface area contributed by atoms with E-state index in [4.69, 9.17) is 5.73 Å². The smallest absolute Gasteiger partial charge is 0.271 e. The van der Waals surface area contributed by atoms with E-state index >= 15 is 0 Å². The molecule has 0 aliphatic carbocycles. The normalized spacial score (nSPS) is 9.88. The summed E-state index contributed by atoms with van der Waals surface area (Å²) in [4.78, 5) is 21.4. The van der Waals surface area contributed by atoms with Gasteiger partial charge in [-0.25, -0.2) is 9.97 Å². The minimum atomic E-state index is -0.479. The Hall–Kier alpha value is -2.77. The summed E-state index contributed by atoms with van der Waals surface area (Å²) in [5, 5.41) is 13.4. The fraction of sp³-hybridized carbons (Fsp3) is 0. The van der Waals surface area contributed by atoms with Crippen molar-refractivity contribution in [2.24, 2.45) is 0 Å². The Morgan fingerprint density at radius 1 is 1.35 bits per heavy atom. The second-order valence-corrected chi connectivity index (χ2v) is 3.10. The van der Waals surface area contributed by atoms with Gasteiger partial charge in [0, 0.05) is 17.8 Å². The van der Waals surface area contributed by atoms with Gasteiger partial charge >= 0.3 is 0 Å². The van der Waals surface area contributed by atoms with Crippen molar-refractivity contribution in [2.45, 2.75) is 0 Å². The molecular formula is C9H8N6O2. The van der Waals surface area contributed by atoms with Crippen molar-refractivity contribution in [1.29, 1.82) is 0 Å². The SMILES string of the molecule is Nc1ncnc(Nc2cccc([N+](=O)[O-])c2)n1. The van der Waals surface area contributed by atoms with Crippen LogP contribution in [-0.4, -0.2) is 19.9 Å². The molecule has 3 N–H and O–H groups in total. The lowest BCUT2D eigenvalue weighted by Gasteiger charge is -2.03. The number of nitro groups is 1. The van der Waals surface area contributed by atoms with Gasteiger partial charge in [-0.1, -0.05) is 6.07 Å². The van der Waals surface area contributed by atoms with E-state index in [9.17, 15) is 10.1 Å². The number of hydrogen-bond donors (Lipinski definition) is 2. The number of benzene rings is 1. The highest BCUT2D eigenvalue weighted by Gasteiger charge is 2.06. The second kappa shape index (κ2) is 4.39. The van der Waals surface area contributed by atoms with Crippen molar-refractivity contribution in [3.05, 3.63) is 40.7 Å². The molecule has 8 nitrogen and oxygen atoms in total. The summed E-state index contributed by atoms with van der Waals surface area (Å²) in [6.07, 6.45) is 1.25. The molecule has 0 aliphatic rings. The van der Waals surface area contributed by atoms with Gasteiger partial charge in [0.25, 0.3) is 5.69 Å². The van der Waals surface area contributed by atoms with E-state index in [1.165, 1.54) is 18.5 Å². The summed E-state index contributed by atoms with van der Waals surface area (Å²) < 4.78 is 0. The molecule has 0 amide bonds. The van der Waals surface area contributed by atoms with Crippen molar-refractivity contribution >= 4 is 23.3 Å². The Labute approximate surface area is 95.7 Å². The number of nitro benzene ring substituents is 1. The zero-order chi connectivity index (χ0) is 12.3. The molecular weight excluding hydrogens is 224 g/mol. The molecule has 0 aliphatic heterocycles. The largest absolute Gasteiger partial charge is 0.368 e. The van der Waals surface area contributed by atoms with Crippen LogP contribution >= 0.6 is 0 Å². The monoisotopic (exact) mass is 232 g/mol. The van der Waals surface area contributed by atoms with Crippen LogP contribution < -0.4 is 11.1 Å². The molecule has 0 unspecified atom stereocenters. The number of nitrogens with two attached hydrogens (primary N) is 1. The first-order valence-electron chi connectivity index (χ1n) is 4.61. The zero-order valence-corrected chi connectivity index (χ0v) is 8.57. The van der Waals surface area contributed by atoms with Crippen molar-refractivity contribution in [3.8, 4) is 0 Å². The van der Waals surface area contributed by atoms with Crippen LogP contribution in [-0.2, 0) is 0 Å². The molecule has 0 fully saturated rings. The summed E-state index contributed by atoms with van der Waals surface area (Å²) in [5.41, 5.74) is 5.87. The van der Waals surface area contributed by atoms with Crippen molar-refractivity contribution in [1.82, 2.24) is 15.0 Å². The molecule has 0 radical (unpaired) electrons. The summed E-state index contributed by atoms with van der Waals surface area (Å²) in [7, 11) is 0. The maximum absolute atomic E-state index is 10.6. The minimum Gasteiger partial charge on any atom is -0.368 e. The highest BCUT2D eigenvalue weighted by atomic mass is 16.6. The van der Waals surface area contributed by atoms with Crippen molar-refractivity contribution in [3.63, 3.8) is 0 Å². The summed E-state index contributed by atoms with van der Waals surface area (Å²) in [5.74, 6) is 0.311. The van der Waals surface area contributed by atoms with Crippen LogP contribution in [0.2, 0.25) is 0 Å². The third kappa shape index (κ3) is 2.62. The second-order valence-electron chi connectivity index (χ2n) is 3.10. The van der Waals surface area contributed by atoms with Crippen LogP contribution in [0.4, 0.5) is 23.3 Å². The Kier molecular flexibility index (Phi) is 2.77. The Balaban J connectivity index is 2.24. The molecule has 0 bridgehead atoms. The first-order valence-corrected chi connectivity index (χ1v) is 4.61. The average molecular weight is 232 g/mol. The van der Waals surface area contributed by atoms with Crippen LogP contribution in [0.15, 0.2) is 30.6 Å². The van der Waals surface area contributed by atoms with Gasteiger partial charge < -0.3 is 11.1 Å². The lowest BCUT2D eigenvalue weighted by molar-refractivity contribution is -0.384. The van der Waals surface area contributed by atoms with Crippen LogP contribution in [0.1, 0.15) is 0 Å². The summed E-state index contributed by atoms with van der Waals surface area (Å²) in [6, 6.07) is 5.99. The van der Waals surface area contributed by atoms with Gasteiger partial charge in [0.1, 0.15) is 6.33 Å². The van der Waals surface area contributed by atoms with Crippen LogP contribution in [0.25, 0.3) is 0 Å². The fourth-order valence-corrected chi connectivity index (χ4v) is 1.20. The number of nitrogens with zero attached hydrogens (tertiary/aromatic N) is 4. The highest BCUT2D eigenvalue weighted by Crippen LogP contribution is 2.19. The van der Waals surface area contributed by atoms with Crippen molar-refractivity contribution < 1.29 is 4.92 Å². The fourth-order valence-electron chi connectivity index (χ4n) is 1.20. The van der Waals surface area contributed by atoms with E-state index in [1.807, 2.05) is 0 Å². The Morgan fingerprint density at radius 2 is 2.18 bits per heavy atom. The maximum Gasteiger partial charge on any atom is 0.271 e. The molecule has 0 saturated carbocycles. The van der Waals surface area contributed by atoms with Crippen molar-refractivity contribution in [2.75, 3.05) is 11.1 Å². The Bertz CT molecular complexity index is 559. The quantitative estimate of drug-likeness (QED) is 0.600. The third-order valence-corrected chi connectivity index (χ3v) is 1.90. The lowest BCUT2D eigenvalue weighted by atomic mass is 10.3. The predicted molar refractivity (Wildman–Crippen MR) is 60.6 cm³/mol. The maximum atomic E-state index is 10.6. The average Bonchev–Trinajstić information content (AvgIpc) is 2.29. The van der Waals surface area contributed by atoms with E-state index in [1.54, 1.807) is 12.1 Å². The van der Waals surface area contributed by atoms with Gasteiger partial charge in [0.15, 0.2) is 0 Å². The molecule has 1 aromatic carbocycles. The van der Waals surface area contributed by atoms with Gasteiger partial charge in [0.2, 0.25) is 11.9 Å². The molecule has 0 saturated heterocycles. The molecule has 1 aromatic heterocycles. The Morgan fingerprint density at radius 3 is 2.88 bits per heavy atom. The van der Waals surface area contributed by atoms with Gasteiger partial charge in [-0.3, -0.25) is 10.1 Å². The van der Waals surface area contributed by atoms with E-state index < -0.39 is 4.92 Å². The van der Waals surface area contributed by atoms with E-state index in [2.05, 4.69) is 20.3 Å². The third-order valence-electron chi connectivity index (χ3n) is 1.90. The number of rotatable bonds is 3. The first-order chi connectivity index (χ1) is 8.15. The molecule has 1 heterocycles. The number of nitrogens with one attached hydrogen (secondary N) is 1. The number of non-ortho nitro benzene ring substituents is 1. The summed E-state index contributed by atoms with van der Waals surface area (Å²) in [6.45, 7) is 0. The number of anilines is 3. The molecule has 0 atom stereocenters. The molecule has 17 heavy (non-hydrogen) atoms. The van der Waals surface area contributed by atoms with Crippen LogP contribution in [0.3, 0.4) is 0 Å². The lowest BCUT2D eigenvalue weighted by Crippen LogP contribution is -2.02. The van der Waals surface area contributed by atoms with Gasteiger partial charge in [-0.2, -0.15) is 4.98 Å². The van der Waals surface area contributed by atoms with E-state index in [0.29, 0.717) is 5.69 Å². The molecule has 86 valence electrons. The topological polar surface area (TPSA) is 120 Å². The van der Waals surface area contributed by atoms with Crippen LogP contribution in [0, 0.1) is 10.1 Å². The van der Waals surface area contributed by atoms with Gasteiger partial charge in [-0.15, -0.1) is 0 Å². The summed E-state index contributed by atoms with van der Waals surface area (Å²) >= 11 is 0. The molecule has 2 rings (SSSR count). The van der Waals surface area contributed by atoms with Gasteiger partial charge in [-0.05, 0) is 6.07 Å². The number of aromatic nitrogens is 3. The zero-order valence-electron chi connectivity index (χ0n) is 8.57. The molecule has 8 heteroatoms. The van der Waals surface area contributed by atoms with E-state index in [0.717, 1.165) is 0 Å². The number of nitrogen functional groups attached to an aromatic ring is 1. The standard InChI is InChI=1S/C9H8N6O2/c10-8-11-5-12-9(14-8)13-6-2-1-3-7(4-6)15(16)17/h1-5H,(H3,10,11,12,13,14). The van der Waals surface area contributed by atoms with Crippen LogP contribution in [0.5, 0.6) is 0 Å². The molecule has 0 spiro atoms. The predicted octanol–water partition coefficient (Wildman–Crippen LogP) is 1.11.